The molecule has 140 valence electrons. The molecule has 1 saturated heterocycles. The molecule has 1 aliphatic rings. The Kier molecular flexibility index (Phi) is 4.81. The number of rotatable bonds is 4. The molecular weight excluding hydrogens is 340 g/mol. The van der Waals surface area contributed by atoms with Crippen molar-refractivity contribution in [3.63, 3.8) is 0 Å². The maximum absolute atomic E-state index is 11.5. The molecule has 4 rings (SSSR count). The van der Waals surface area contributed by atoms with Gasteiger partial charge in [0.15, 0.2) is 0 Å². The topological polar surface area (TPSA) is 72.2 Å². The summed E-state index contributed by atoms with van der Waals surface area (Å²) in [6.07, 6.45) is 0.905. The van der Waals surface area contributed by atoms with Crippen molar-refractivity contribution in [2.45, 2.75) is 19.4 Å². The van der Waals surface area contributed by atoms with Crippen molar-refractivity contribution in [1.82, 2.24) is 14.9 Å². The van der Waals surface area contributed by atoms with Crippen LogP contribution in [0.25, 0.3) is 11.0 Å². The van der Waals surface area contributed by atoms with Gasteiger partial charge >= 0.3 is 11.1 Å². The Labute approximate surface area is 157 Å². The maximum atomic E-state index is 11.5. The third-order valence-electron chi connectivity index (χ3n) is 5.38. The molecule has 0 radical (unpaired) electrons. The third-order valence-corrected chi connectivity index (χ3v) is 5.38. The van der Waals surface area contributed by atoms with Crippen LogP contribution in [0.2, 0.25) is 0 Å². The zero-order chi connectivity index (χ0) is 18.8. The molecule has 1 aromatic heterocycles. The summed E-state index contributed by atoms with van der Waals surface area (Å²) in [4.78, 5) is 33.2. The molecule has 27 heavy (non-hydrogen) atoms. The molecule has 0 amide bonds. The molecule has 1 aliphatic heterocycles. The van der Waals surface area contributed by atoms with E-state index in [4.69, 9.17) is 0 Å². The van der Waals surface area contributed by atoms with Gasteiger partial charge in [-0.15, -0.1) is 0 Å². The number of nitrogens with one attached hydrogen (secondary N) is 2. The number of piperazine rings is 1. The van der Waals surface area contributed by atoms with Crippen molar-refractivity contribution in [3.05, 3.63) is 74.8 Å². The van der Waals surface area contributed by atoms with Crippen LogP contribution in [0, 0.1) is 0 Å². The minimum Gasteiger partial charge on any atom is -0.369 e. The highest BCUT2D eigenvalue weighted by atomic mass is 16.2. The minimum atomic E-state index is -0.611. The third kappa shape index (κ3) is 3.80. The van der Waals surface area contributed by atoms with Crippen molar-refractivity contribution in [3.8, 4) is 0 Å². The van der Waals surface area contributed by atoms with Gasteiger partial charge in [0.25, 0.3) is 0 Å². The van der Waals surface area contributed by atoms with Crippen molar-refractivity contribution < 1.29 is 0 Å². The highest BCUT2D eigenvalue weighted by Crippen LogP contribution is 2.18. The molecule has 0 bridgehead atoms. The number of hydrogen-bond donors (Lipinski definition) is 2. The van der Waals surface area contributed by atoms with Crippen LogP contribution < -0.4 is 16.0 Å². The summed E-state index contributed by atoms with van der Waals surface area (Å²) >= 11 is 0. The first-order valence-corrected chi connectivity index (χ1v) is 9.39. The Balaban J connectivity index is 1.41. The van der Waals surface area contributed by atoms with E-state index in [0.717, 1.165) is 38.2 Å². The highest BCUT2D eigenvalue weighted by molar-refractivity contribution is 5.74. The summed E-state index contributed by atoms with van der Waals surface area (Å²) in [6, 6.07) is 16.8. The van der Waals surface area contributed by atoms with Crippen LogP contribution in [0.5, 0.6) is 0 Å². The first-order chi connectivity index (χ1) is 13.1. The van der Waals surface area contributed by atoms with Crippen LogP contribution in [0.4, 0.5) is 5.69 Å². The first kappa shape index (κ1) is 17.5. The van der Waals surface area contributed by atoms with Crippen LogP contribution in [-0.4, -0.2) is 47.1 Å². The second kappa shape index (κ2) is 7.40. The first-order valence-electron chi connectivity index (χ1n) is 9.39. The van der Waals surface area contributed by atoms with E-state index in [1.807, 2.05) is 24.3 Å². The number of aromatic nitrogens is 2. The van der Waals surface area contributed by atoms with Gasteiger partial charge in [-0.1, -0.05) is 24.3 Å². The van der Waals surface area contributed by atoms with E-state index < -0.39 is 11.1 Å². The van der Waals surface area contributed by atoms with E-state index in [-0.39, 0.29) is 0 Å². The number of benzene rings is 2. The fourth-order valence-corrected chi connectivity index (χ4v) is 3.82. The van der Waals surface area contributed by atoms with Crippen LogP contribution in [0.3, 0.4) is 0 Å². The lowest BCUT2D eigenvalue weighted by Crippen LogP contribution is -2.50. The summed E-state index contributed by atoms with van der Waals surface area (Å²) < 4.78 is 0. The van der Waals surface area contributed by atoms with E-state index in [1.165, 1.54) is 5.69 Å². The standard InChI is InChI=1S/C21H24N4O2/c1-15(24-9-11-25(12-10-24)17-5-3-2-4-6-17)13-16-7-8-18-19(14-16)23-21(27)20(26)22-18/h2-8,14-15H,9-13H2,1H3,(H,22,26)(H,23,27). The second-order valence-electron chi connectivity index (χ2n) is 7.20. The normalized spacial score (nSPS) is 16.6. The molecule has 0 aliphatic carbocycles. The highest BCUT2D eigenvalue weighted by Gasteiger charge is 2.21. The number of fused-ring (bicyclic) bond motifs is 1. The smallest absolute Gasteiger partial charge is 0.314 e. The SMILES string of the molecule is CC(Cc1ccc2[nH]c(=O)c(=O)[nH]c2c1)N1CCN(c2ccccc2)CC1. The van der Waals surface area contributed by atoms with Gasteiger partial charge in [-0.2, -0.15) is 0 Å². The average molecular weight is 364 g/mol. The van der Waals surface area contributed by atoms with Crippen LogP contribution in [0.1, 0.15) is 12.5 Å². The molecule has 6 nitrogen and oxygen atoms in total. The molecule has 6 heteroatoms. The van der Waals surface area contributed by atoms with Gasteiger partial charge in [-0.3, -0.25) is 14.5 Å². The van der Waals surface area contributed by atoms with Gasteiger partial charge in [0.1, 0.15) is 0 Å². The molecule has 2 N–H and O–H groups in total. The van der Waals surface area contributed by atoms with Crippen molar-refractivity contribution in [2.24, 2.45) is 0 Å². The maximum Gasteiger partial charge on any atom is 0.314 e. The molecule has 0 saturated carbocycles. The summed E-state index contributed by atoms with van der Waals surface area (Å²) in [5, 5.41) is 0. The van der Waals surface area contributed by atoms with Crippen LogP contribution in [-0.2, 0) is 6.42 Å². The summed E-state index contributed by atoms with van der Waals surface area (Å²) in [5.41, 5.74) is 2.57. The van der Waals surface area contributed by atoms with Crippen molar-refractivity contribution >= 4 is 16.7 Å². The Morgan fingerprint density at radius 1 is 0.889 bits per heavy atom. The average Bonchev–Trinajstić information content (AvgIpc) is 2.70. The Hall–Kier alpha value is -2.86. The van der Waals surface area contributed by atoms with Crippen molar-refractivity contribution in [2.75, 3.05) is 31.1 Å². The fourth-order valence-electron chi connectivity index (χ4n) is 3.82. The number of H-pyrrole nitrogens is 2. The number of para-hydroxylation sites is 1. The van der Waals surface area contributed by atoms with Gasteiger partial charge in [0.05, 0.1) is 11.0 Å². The van der Waals surface area contributed by atoms with Crippen LogP contribution in [0.15, 0.2) is 58.1 Å². The number of aromatic amines is 2. The molecule has 2 aromatic carbocycles. The van der Waals surface area contributed by atoms with E-state index in [1.54, 1.807) is 0 Å². The monoisotopic (exact) mass is 364 g/mol. The van der Waals surface area contributed by atoms with Crippen LogP contribution >= 0.6 is 0 Å². The number of nitrogens with zero attached hydrogens (tertiary/aromatic N) is 2. The van der Waals surface area contributed by atoms with Gasteiger partial charge in [0, 0.05) is 37.9 Å². The van der Waals surface area contributed by atoms with E-state index >= 15 is 0 Å². The minimum absolute atomic E-state index is 0.412. The van der Waals surface area contributed by atoms with Gasteiger partial charge in [0.2, 0.25) is 0 Å². The molecule has 1 atom stereocenters. The summed E-state index contributed by atoms with van der Waals surface area (Å²) in [7, 11) is 0. The summed E-state index contributed by atoms with van der Waals surface area (Å²) in [6.45, 7) is 6.38. The second-order valence-corrected chi connectivity index (χ2v) is 7.20. The predicted molar refractivity (Wildman–Crippen MR) is 109 cm³/mol. The molecule has 3 aromatic rings. The van der Waals surface area contributed by atoms with Gasteiger partial charge in [-0.05, 0) is 43.2 Å². The number of hydrogen-bond acceptors (Lipinski definition) is 4. The quantitative estimate of drug-likeness (QED) is 0.695. The molecule has 0 spiro atoms. The predicted octanol–water partition coefficient (Wildman–Crippen LogP) is 1.97. The lowest BCUT2D eigenvalue weighted by atomic mass is 10.0. The zero-order valence-corrected chi connectivity index (χ0v) is 15.4. The van der Waals surface area contributed by atoms with Gasteiger partial charge in [-0.25, -0.2) is 0 Å². The zero-order valence-electron chi connectivity index (χ0n) is 15.4. The molecule has 1 fully saturated rings. The van der Waals surface area contributed by atoms with E-state index in [2.05, 4.69) is 51.0 Å². The molecule has 2 heterocycles. The number of anilines is 1. The van der Waals surface area contributed by atoms with E-state index in [0.29, 0.717) is 17.1 Å². The Morgan fingerprint density at radius 2 is 1.56 bits per heavy atom. The Morgan fingerprint density at radius 3 is 2.26 bits per heavy atom. The fraction of sp³-hybridized carbons (Fsp3) is 0.333. The largest absolute Gasteiger partial charge is 0.369 e. The van der Waals surface area contributed by atoms with E-state index in [9.17, 15) is 9.59 Å². The Bertz CT molecular complexity index is 1030. The lowest BCUT2D eigenvalue weighted by molar-refractivity contribution is 0.196. The van der Waals surface area contributed by atoms with Crippen molar-refractivity contribution in [1.29, 1.82) is 0 Å². The summed E-state index contributed by atoms with van der Waals surface area (Å²) in [5.74, 6) is 0. The molecular formula is C21H24N4O2. The lowest BCUT2D eigenvalue weighted by Gasteiger charge is -2.39. The van der Waals surface area contributed by atoms with Gasteiger partial charge < -0.3 is 14.9 Å². The molecule has 1 unspecified atom stereocenters.